The molecule has 3 rings (SSSR count). The summed E-state index contributed by atoms with van der Waals surface area (Å²) in [6.07, 6.45) is 0. The van der Waals surface area contributed by atoms with Crippen LogP contribution in [0.2, 0.25) is 5.02 Å². The molecule has 7 heteroatoms. The van der Waals surface area contributed by atoms with E-state index in [0.29, 0.717) is 16.2 Å². The first kappa shape index (κ1) is 16.5. The van der Waals surface area contributed by atoms with Crippen LogP contribution in [0.4, 0.5) is 20.6 Å². The fourth-order valence-electron chi connectivity index (χ4n) is 2.31. The Morgan fingerprint density at radius 1 is 1.17 bits per heavy atom. The first-order chi connectivity index (χ1) is 11.4. The molecule has 1 aliphatic rings. The Balaban J connectivity index is 2.00. The highest BCUT2D eigenvalue weighted by Crippen LogP contribution is 2.39. The van der Waals surface area contributed by atoms with Gasteiger partial charge in [-0.2, -0.15) is 0 Å². The number of halogens is 2. The second-order valence-electron chi connectivity index (χ2n) is 5.18. The van der Waals surface area contributed by atoms with Crippen LogP contribution in [0.1, 0.15) is 12.5 Å². The van der Waals surface area contributed by atoms with Crippen molar-refractivity contribution in [3.63, 3.8) is 0 Å². The van der Waals surface area contributed by atoms with Crippen molar-refractivity contribution in [1.29, 1.82) is 0 Å². The van der Waals surface area contributed by atoms with Crippen molar-refractivity contribution in [2.75, 3.05) is 10.6 Å². The Morgan fingerprint density at radius 3 is 2.46 bits per heavy atom. The first-order valence-electron chi connectivity index (χ1n) is 6.96. The highest BCUT2D eigenvalue weighted by atomic mass is 35.5. The average molecular weight is 363 g/mol. The van der Waals surface area contributed by atoms with E-state index in [2.05, 4.69) is 0 Å². The minimum atomic E-state index is -0.610. The predicted molar refractivity (Wildman–Crippen MR) is 95.3 cm³/mol. The lowest BCUT2D eigenvalue weighted by Gasteiger charge is -2.13. The standard InChI is InChI=1S/C17H12ClFN2O2S/c1-9(10-2-4-11(20)5-3-10)15-16(22)21(17(23)24-15)12-6-7-14(19)13(18)8-12/h2-8H,20H2,1H3/b15-9-. The van der Waals surface area contributed by atoms with Gasteiger partial charge in [0.25, 0.3) is 11.1 Å². The first-order valence-corrected chi connectivity index (χ1v) is 8.16. The number of carbonyl (C=O) groups is 2. The van der Waals surface area contributed by atoms with Gasteiger partial charge >= 0.3 is 0 Å². The molecule has 1 aliphatic heterocycles. The third kappa shape index (κ3) is 2.90. The van der Waals surface area contributed by atoms with Crippen molar-refractivity contribution in [2.45, 2.75) is 6.92 Å². The minimum absolute atomic E-state index is 0.147. The van der Waals surface area contributed by atoms with Crippen molar-refractivity contribution in [3.8, 4) is 0 Å². The van der Waals surface area contributed by atoms with Crippen molar-refractivity contribution in [3.05, 3.63) is 63.8 Å². The van der Waals surface area contributed by atoms with E-state index < -0.39 is 17.0 Å². The number of imide groups is 1. The van der Waals surface area contributed by atoms with Crippen molar-refractivity contribution < 1.29 is 14.0 Å². The number of benzene rings is 2. The van der Waals surface area contributed by atoms with Crippen LogP contribution in [0.5, 0.6) is 0 Å². The van der Waals surface area contributed by atoms with Crippen molar-refractivity contribution >= 4 is 51.5 Å². The largest absolute Gasteiger partial charge is 0.399 e. The number of thioether (sulfide) groups is 1. The molecular formula is C17H12ClFN2O2S. The molecule has 122 valence electrons. The van der Waals surface area contributed by atoms with E-state index in [0.717, 1.165) is 28.3 Å². The average Bonchev–Trinajstić information content (AvgIpc) is 2.85. The van der Waals surface area contributed by atoms with Crippen LogP contribution in [0.15, 0.2) is 47.4 Å². The van der Waals surface area contributed by atoms with Crippen LogP contribution in [-0.2, 0) is 4.79 Å². The number of amides is 2. The van der Waals surface area contributed by atoms with Crippen LogP contribution in [0.3, 0.4) is 0 Å². The maximum Gasteiger partial charge on any atom is 0.298 e. The Morgan fingerprint density at radius 2 is 1.83 bits per heavy atom. The van der Waals surface area contributed by atoms with Gasteiger partial charge in [-0.05, 0) is 60.2 Å². The fraction of sp³-hybridized carbons (Fsp3) is 0.0588. The summed E-state index contributed by atoms with van der Waals surface area (Å²) in [5, 5.41) is -0.599. The number of nitrogens with two attached hydrogens (primary N) is 1. The normalized spacial score (nSPS) is 16.7. The molecule has 0 saturated carbocycles. The summed E-state index contributed by atoms with van der Waals surface area (Å²) >= 11 is 6.59. The summed E-state index contributed by atoms with van der Waals surface area (Å²) in [5.74, 6) is -1.07. The van der Waals surface area contributed by atoms with Crippen LogP contribution in [0.25, 0.3) is 5.57 Å². The van der Waals surface area contributed by atoms with Gasteiger partial charge in [0.1, 0.15) is 5.82 Å². The zero-order valence-electron chi connectivity index (χ0n) is 12.5. The van der Waals surface area contributed by atoms with Gasteiger partial charge in [-0.25, -0.2) is 9.29 Å². The van der Waals surface area contributed by atoms with E-state index in [1.807, 2.05) is 0 Å². The maximum atomic E-state index is 13.3. The molecule has 1 fully saturated rings. The smallest absolute Gasteiger partial charge is 0.298 e. The van der Waals surface area contributed by atoms with Gasteiger partial charge in [0.05, 0.1) is 15.6 Å². The number of nitrogen functional groups attached to an aromatic ring is 1. The van der Waals surface area contributed by atoms with Gasteiger partial charge in [-0.1, -0.05) is 23.7 Å². The zero-order chi connectivity index (χ0) is 17.4. The van der Waals surface area contributed by atoms with E-state index in [1.54, 1.807) is 31.2 Å². The van der Waals surface area contributed by atoms with Gasteiger partial charge in [0.2, 0.25) is 0 Å². The molecule has 2 aromatic rings. The Bertz CT molecular complexity index is 881. The maximum absolute atomic E-state index is 13.3. The molecule has 2 aromatic carbocycles. The summed E-state index contributed by atoms with van der Waals surface area (Å²) in [4.78, 5) is 26.2. The van der Waals surface area contributed by atoms with Crippen LogP contribution in [-0.4, -0.2) is 11.1 Å². The third-order valence-electron chi connectivity index (χ3n) is 3.61. The molecule has 0 unspecified atom stereocenters. The molecule has 0 spiro atoms. The molecule has 1 saturated heterocycles. The SMILES string of the molecule is C/C(=C1/SC(=O)N(c2ccc(F)c(Cl)c2)C1=O)c1ccc(N)cc1. The van der Waals surface area contributed by atoms with Crippen LogP contribution < -0.4 is 10.6 Å². The zero-order valence-corrected chi connectivity index (χ0v) is 14.1. The highest BCUT2D eigenvalue weighted by Gasteiger charge is 2.37. The van der Waals surface area contributed by atoms with Gasteiger partial charge in [-0.3, -0.25) is 9.59 Å². The lowest BCUT2D eigenvalue weighted by molar-refractivity contribution is -0.113. The summed E-state index contributed by atoms with van der Waals surface area (Å²) in [6, 6.07) is 10.7. The molecule has 2 N–H and O–H groups in total. The number of anilines is 2. The molecule has 0 radical (unpaired) electrons. The molecule has 0 aliphatic carbocycles. The molecule has 24 heavy (non-hydrogen) atoms. The van der Waals surface area contributed by atoms with E-state index in [1.165, 1.54) is 12.1 Å². The Kier molecular flexibility index (Phi) is 4.34. The quantitative estimate of drug-likeness (QED) is 0.621. The molecule has 1 heterocycles. The molecule has 4 nitrogen and oxygen atoms in total. The molecule has 2 amide bonds. The van der Waals surface area contributed by atoms with Gasteiger partial charge in [-0.15, -0.1) is 0 Å². The van der Waals surface area contributed by atoms with Gasteiger partial charge < -0.3 is 5.73 Å². The molecule has 0 atom stereocenters. The van der Waals surface area contributed by atoms with E-state index in [9.17, 15) is 14.0 Å². The Hall–Kier alpha value is -2.31. The van der Waals surface area contributed by atoms with Crippen molar-refractivity contribution in [1.82, 2.24) is 0 Å². The number of nitrogens with zero attached hydrogens (tertiary/aromatic N) is 1. The van der Waals surface area contributed by atoms with Crippen molar-refractivity contribution in [2.24, 2.45) is 0 Å². The summed E-state index contributed by atoms with van der Waals surface area (Å²) < 4.78 is 13.3. The second-order valence-corrected chi connectivity index (χ2v) is 6.55. The minimum Gasteiger partial charge on any atom is -0.399 e. The predicted octanol–water partition coefficient (Wildman–Crippen LogP) is 4.69. The number of allylic oxidation sites excluding steroid dienone is 1. The summed E-state index contributed by atoms with van der Waals surface area (Å²) in [7, 11) is 0. The second kappa shape index (κ2) is 6.30. The number of hydrogen-bond donors (Lipinski definition) is 1. The van der Waals surface area contributed by atoms with Crippen LogP contribution in [0, 0.1) is 5.82 Å². The Labute approximate surface area is 147 Å². The van der Waals surface area contributed by atoms with E-state index in [4.69, 9.17) is 17.3 Å². The monoisotopic (exact) mass is 362 g/mol. The fourth-order valence-corrected chi connectivity index (χ4v) is 3.39. The summed E-state index contributed by atoms with van der Waals surface area (Å²) in [5.41, 5.74) is 7.98. The number of carbonyl (C=O) groups excluding carboxylic acids is 2. The van der Waals surface area contributed by atoms with Gasteiger partial charge in [0.15, 0.2) is 0 Å². The molecule has 0 aromatic heterocycles. The van der Waals surface area contributed by atoms with E-state index in [-0.39, 0.29) is 10.7 Å². The number of rotatable bonds is 2. The lowest BCUT2D eigenvalue weighted by atomic mass is 10.1. The third-order valence-corrected chi connectivity index (χ3v) is 4.95. The lowest BCUT2D eigenvalue weighted by Crippen LogP contribution is -2.27. The topological polar surface area (TPSA) is 63.4 Å². The van der Waals surface area contributed by atoms with Crippen LogP contribution >= 0.6 is 23.4 Å². The molecule has 0 bridgehead atoms. The summed E-state index contributed by atoms with van der Waals surface area (Å²) in [6.45, 7) is 1.76. The number of hydrogen-bond acceptors (Lipinski definition) is 4. The highest BCUT2D eigenvalue weighted by molar-refractivity contribution is 8.19. The molecular weight excluding hydrogens is 351 g/mol. The van der Waals surface area contributed by atoms with E-state index >= 15 is 0 Å². The van der Waals surface area contributed by atoms with Gasteiger partial charge in [0, 0.05) is 5.69 Å².